The van der Waals surface area contributed by atoms with Crippen molar-refractivity contribution in [2.75, 3.05) is 16.9 Å². The molecule has 1 atom stereocenters. The van der Waals surface area contributed by atoms with Crippen LogP contribution in [0, 0.1) is 0 Å². The summed E-state index contributed by atoms with van der Waals surface area (Å²) in [5, 5.41) is 9.09. The van der Waals surface area contributed by atoms with E-state index in [9.17, 15) is 22.8 Å². The summed E-state index contributed by atoms with van der Waals surface area (Å²) in [6, 6.07) is 13.5. The van der Waals surface area contributed by atoms with Crippen LogP contribution in [0.3, 0.4) is 0 Å². The third-order valence-electron chi connectivity index (χ3n) is 4.69. The van der Waals surface area contributed by atoms with Gasteiger partial charge in [0, 0.05) is 5.69 Å². The lowest BCUT2D eigenvalue weighted by Gasteiger charge is -2.31. The molecule has 162 valence electrons. The van der Waals surface area contributed by atoms with Gasteiger partial charge < -0.3 is 4.74 Å². The predicted molar refractivity (Wildman–Crippen MR) is 113 cm³/mol. The van der Waals surface area contributed by atoms with E-state index in [1.807, 2.05) is 0 Å². The molecule has 0 aromatic heterocycles. The number of hydrogen-bond donors (Lipinski definition) is 2. The second-order valence-electron chi connectivity index (χ2n) is 6.74. The molecule has 3 rings (SSSR count). The summed E-state index contributed by atoms with van der Waals surface area (Å²) in [7, 11) is -3.87. The van der Waals surface area contributed by atoms with E-state index in [0.29, 0.717) is 11.4 Å². The van der Waals surface area contributed by atoms with Crippen LogP contribution in [0.4, 0.5) is 11.4 Å². The van der Waals surface area contributed by atoms with Crippen LogP contribution in [0.2, 0.25) is 0 Å². The van der Waals surface area contributed by atoms with Gasteiger partial charge in [-0.05, 0) is 50.2 Å². The topological polar surface area (TPSA) is 148 Å². The van der Waals surface area contributed by atoms with Gasteiger partial charge in [0.2, 0.25) is 10.0 Å². The van der Waals surface area contributed by atoms with Crippen molar-refractivity contribution in [3.63, 3.8) is 0 Å². The molecule has 1 unspecified atom stereocenters. The number of anilines is 2. The minimum Gasteiger partial charge on any atom is -0.464 e. The summed E-state index contributed by atoms with van der Waals surface area (Å²) >= 11 is 0. The standard InChI is InChI=1S/C20H20N4O6S/c1-3-30-19(27)20(2)17(16(25)18(26)24(20)14-7-5-4-6-8-14)23-22-13-9-11-15(12-10-13)31(21,28)29/h4-12,22H,3H2,1-2H3,(H2,21,28,29). The van der Waals surface area contributed by atoms with Crippen LogP contribution in [0.1, 0.15) is 13.8 Å². The van der Waals surface area contributed by atoms with E-state index in [4.69, 9.17) is 9.88 Å². The van der Waals surface area contributed by atoms with E-state index in [2.05, 4.69) is 10.5 Å². The number of nitrogens with two attached hydrogens (primary N) is 1. The molecule has 0 radical (unpaired) electrons. The number of esters is 1. The normalized spacial score (nSPS) is 20.2. The maximum Gasteiger partial charge on any atom is 0.338 e. The molecule has 1 aliphatic rings. The molecular formula is C20H20N4O6S. The van der Waals surface area contributed by atoms with Gasteiger partial charge in [-0.25, -0.2) is 18.4 Å². The Labute approximate surface area is 178 Å². The number of sulfonamides is 1. The number of hydrogen-bond acceptors (Lipinski definition) is 8. The van der Waals surface area contributed by atoms with Gasteiger partial charge in [-0.1, -0.05) is 18.2 Å². The van der Waals surface area contributed by atoms with Crippen LogP contribution >= 0.6 is 0 Å². The Morgan fingerprint density at radius 1 is 1.13 bits per heavy atom. The highest BCUT2D eigenvalue weighted by atomic mass is 32.2. The number of ether oxygens (including phenoxy) is 1. The number of Topliss-reactive ketones (excluding diaryl/α,β-unsaturated/α-hetero) is 1. The van der Waals surface area contributed by atoms with Crippen molar-refractivity contribution >= 4 is 44.8 Å². The lowest BCUT2D eigenvalue weighted by atomic mass is 9.95. The quantitative estimate of drug-likeness (QED) is 0.384. The fraction of sp³-hybridized carbons (Fsp3) is 0.200. The highest BCUT2D eigenvalue weighted by Crippen LogP contribution is 2.33. The number of rotatable bonds is 6. The van der Waals surface area contributed by atoms with Crippen molar-refractivity contribution in [3.05, 3.63) is 54.6 Å². The first-order chi connectivity index (χ1) is 14.6. The first-order valence-electron chi connectivity index (χ1n) is 9.19. The second-order valence-corrected chi connectivity index (χ2v) is 8.30. The number of nitrogens with zero attached hydrogens (tertiary/aromatic N) is 2. The molecular weight excluding hydrogens is 424 g/mol. The number of nitrogens with one attached hydrogen (secondary N) is 1. The van der Waals surface area contributed by atoms with Crippen LogP contribution in [0.25, 0.3) is 0 Å². The minimum atomic E-state index is -3.87. The monoisotopic (exact) mass is 444 g/mol. The van der Waals surface area contributed by atoms with Gasteiger partial charge in [-0.15, -0.1) is 0 Å². The van der Waals surface area contributed by atoms with Gasteiger partial charge in [0.1, 0.15) is 0 Å². The van der Waals surface area contributed by atoms with Crippen LogP contribution < -0.4 is 15.5 Å². The van der Waals surface area contributed by atoms with Crippen molar-refractivity contribution in [3.8, 4) is 0 Å². The number of hydrazone groups is 1. The first-order valence-corrected chi connectivity index (χ1v) is 10.7. The Bertz CT molecular complexity index is 1160. The van der Waals surface area contributed by atoms with Gasteiger partial charge >= 0.3 is 11.9 Å². The van der Waals surface area contributed by atoms with Crippen molar-refractivity contribution in [2.24, 2.45) is 10.2 Å². The molecule has 11 heteroatoms. The number of para-hydroxylation sites is 1. The number of benzene rings is 2. The highest BCUT2D eigenvalue weighted by molar-refractivity contribution is 7.89. The molecule has 0 spiro atoms. The van der Waals surface area contributed by atoms with Crippen molar-refractivity contribution in [1.29, 1.82) is 0 Å². The first kappa shape index (κ1) is 22.1. The van der Waals surface area contributed by atoms with E-state index >= 15 is 0 Å². The Kier molecular flexibility index (Phi) is 5.91. The van der Waals surface area contributed by atoms with Crippen LogP contribution in [-0.4, -0.2) is 43.9 Å². The van der Waals surface area contributed by atoms with Crippen molar-refractivity contribution in [1.82, 2.24) is 0 Å². The molecule has 1 amide bonds. The number of ketones is 1. The molecule has 2 aromatic carbocycles. The zero-order valence-electron chi connectivity index (χ0n) is 16.7. The van der Waals surface area contributed by atoms with E-state index < -0.39 is 33.2 Å². The average Bonchev–Trinajstić information content (AvgIpc) is 2.93. The van der Waals surface area contributed by atoms with Gasteiger partial charge in [-0.2, -0.15) is 5.10 Å². The molecule has 1 aliphatic heterocycles. The lowest BCUT2D eigenvalue weighted by molar-refractivity contribution is -0.147. The molecule has 1 heterocycles. The van der Waals surface area contributed by atoms with Gasteiger partial charge in [0.15, 0.2) is 11.3 Å². The number of carbonyl (C=O) groups excluding carboxylic acids is 3. The van der Waals surface area contributed by atoms with Crippen molar-refractivity contribution in [2.45, 2.75) is 24.3 Å². The van der Waals surface area contributed by atoms with Crippen LogP contribution in [0.5, 0.6) is 0 Å². The van der Waals surface area contributed by atoms with E-state index in [1.165, 1.54) is 31.2 Å². The molecule has 2 aromatic rings. The third kappa shape index (κ3) is 4.05. The van der Waals surface area contributed by atoms with E-state index in [-0.39, 0.29) is 17.2 Å². The Morgan fingerprint density at radius 2 is 1.74 bits per heavy atom. The SMILES string of the molecule is CCOC(=O)C1(C)C(=NNc2ccc(S(N)(=O)=O)cc2)C(=O)C(=O)N1c1ccccc1. The number of amides is 1. The zero-order valence-corrected chi connectivity index (χ0v) is 17.5. The number of primary sulfonamides is 1. The summed E-state index contributed by atoms with van der Waals surface area (Å²) < 4.78 is 27.9. The zero-order chi connectivity index (χ0) is 22.8. The molecule has 0 bridgehead atoms. The third-order valence-corrected chi connectivity index (χ3v) is 5.62. The van der Waals surface area contributed by atoms with Gasteiger partial charge in [0.25, 0.3) is 5.78 Å². The molecule has 0 saturated carbocycles. The fourth-order valence-electron chi connectivity index (χ4n) is 3.14. The van der Waals surface area contributed by atoms with E-state index in [1.54, 1.807) is 37.3 Å². The average molecular weight is 444 g/mol. The highest BCUT2D eigenvalue weighted by Gasteiger charge is 2.60. The lowest BCUT2D eigenvalue weighted by Crippen LogP contribution is -2.55. The summed E-state index contributed by atoms with van der Waals surface area (Å²) in [6.07, 6.45) is 0. The number of carbonyl (C=O) groups is 3. The van der Waals surface area contributed by atoms with Crippen molar-refractivity contribution < 1.29 is 27.5 Å². The summed E-state index contributed by atoms with van der Waals surface area (Å²) in [6.45, 7) is 3.02. The molecule has 1 saturated heterocycles. The molecule has 31 heavy (non-hydrogen) atoms. The summed E-state index contributed by atoms with van der Waals surface area (Å²) in [4.78, 5) is 39.3. The maximum atomic E-state index is 12.9. The summed E-state index contributed by atoms with van der Waals surface area (Å²) in [5.41, 5.74) is 1.07. The smallest absolute Gasteiger partial charge is 0.338 e. The van der Waals surface area contributed by atoms with Gasteiger partial charge in [0.05, 0.1) is 17.2 Å². The Morgan fingerprint density at radius 3 is 2.29 bits per heavy atom. The summed E-state index contributed by atoms with van der Waals surface area (Å²) in [5.74, 6) is -2.71. The predicted octanol–water partition coefficient (Wildman–Crippen LogP) is 1.04. The largest absolute Gasteiger partial charge is 0.464 e. The maximum absolute atomic E-state index is 12.9. The molecule has 3 N–H and O–H groups in total. The molecule has 0 aliphatic carbocycles. The Hall–Kier alpha value is -3.57. The van der Waals surface area contributed by atoms with E-state index in [0.717, 1.165) is 4.90 Å². The molecule has 10 nitrogen and oxygen atoms in total. The van der Waals surface area contributed by atoms with Crippen LogP contribution in [0.15, 0.2) is 64.6 Å². The minimum absolute atomic E-state index is 0.0369. The molecule has 1 fully saturated rings. The fourth-order valence-corrected chi connectivity index (χ4v) is 3.66. The Balaban J connectivity index is 2.03. The second kappa shape index (κ2) is 8.28. The van der Waals surface area contributed by atoms with Gasteiger partial charge in [-0.3, -0.25) is 19.9 Å². The van der Waals surface area contributed by atoms with Crippen LogP contribution in [-0.2, 0) is 29.1 Å².